The minimum Gasteiger partial charge on any atom is -0.491 e. The fourth-order valence-corrected chi connectivity index (χ4v) is 2.51. The average Bonchev–Trinajstić information content (AvgIpc) is 2.34. The Morgan fingerprint density at radius 2 is 2.00 bits per heavy atom. The summed E-state index contributed by atoms with van der Waals surface area (Å²) in [7, 11) is 0. The number of hydrogen-bond acceptors (Lipinski definition) is 3. The molecule has 0 amide bonds. The maximum absolute atomic E-state index is 13.6. The quantitative estimate of drug-likeness (QED) is 0.799. The summed E-state index contributed by atoms with van der Waals surface area (Å²) in [4.78, 5) is 0. The molecule has 2 aromatic carbocycles. The van der Waals surface area contributed by atoms with Crippen LogP contribution in [0.3, 0.4) is 0 Å². The van der Waals surface area contributed by atoms with Gasteiger partial charge in [-0.3, -0.25) is 0 Å². The first-order chi connectivity index (χ1) is 9.49. The van der Waals surface area contributed by atoms with Gasteiger partial charge in [-0.05, 0) is 37.6 Å². The standard InChI is InChI=1S/C15H16BrFN2O/c1-3-20-15-8-14(13(18)7-12(15)17)19-11-5-9(2)4-10(16)6-11/h4-8,19H,3,18H2,1-2H3. The van der Waals surface area contributed by atoms with E-state index in [0.717, 1.165) is 15.7 Å². The molecule has 5 heteroatoms. The monoisotopic (exact) mass is 338 g/mol. The van der Waals surface area contributed by atoms with Crippen LogP contribution in [0.25, 0.3) is 0 Å². The first kappa shape index (κ1) is 14.7. The second kappa shape index (κ2) is 6.13. The maximum Gasteiger partial charge on any atom is 0.167 e. The molecule has 0 aliphatic carbocycles. The number of ether oxygens (including phenoxy) is 1. The van der Waals surface area contributed by atoms with Gasteiger partial charge >= 0.3 is 0 Å². The van der Waals surface area contributed by atoms with Crippen LogP contribution in [0.2, 0.25) is 0 Å². The molecule has 3 nitrogen and oxygen atoms in total. The van der Waals surface area contributed by atoms with E-state index in [1.165, 1.54) is 6.07 Å². The topological polar surface area (TPSA) is 47.3 Å². The molecule has 2 aromatic rings. The highest BCUT2D eigenvalue weighted by molar-refractivity contribution is 9.10. The molecule has 0 fully saturated rings. The van der Waals surface area contributed by atoms with Gasteiger partial charge in [0.05, 0.1) is 18.0 Å². The van der Waals surface area contributed by atoms with Crippen LogP contribution in [0.5, 0.6) is 5.75 Å². The van der Waals surface area contributed by atoms with Gasteiger partial charge in [0, 0.05) is 22.3 Å². The maximum atomic E-state index is 13.6. The van der Waals surface area contributed by atoms with Gasteiger partial charge in [-0.15, -0.1) is 0 Å². The van der Waals surface area contributed by atoms with Gasteiger partial charge in [0.25, 0.3) is 0 Å². The smallest absolute Gasteiger partial charge is 0.167 e. The Kier molecular flexibility index (Phi) is 4.49. The normalized spacial score (nSPS) is 10.4. The van der Waals surface area contributed by atoms with Crippen LogP contribution in [0.1, 0.15) is 12.5 Å². The lowest BCUT2D eigenvalue weighted by atomic mass is 10.2. The summed E-state index contributed by atoms with van der Waals surface area (Å²) in [5, 5.41) is 3.18. The molecule has 3 N–H and O–H groups in total. The zero-order valence-electron chi connectivity index (χ0n) is 11.3. The number of rotatable bonds is 4. The molecule has 0 aliphatic rings. The third kappa shape index (κ3) is 3.42. The van der Waals surface area contributed by atoms with Crippen molar-refractivity contribution >= 4 is 33.0 Å². The minimum absolute atomic E-state index is 0.191. The average molecular weight is 339 g/mol. The molecule has 0 unspecified atom stereocenters. The summed E-state index contributed by atoms with van der Waals surface area (Å²) in [5.41, 5.74) is 8.77. The van der Waals surface area contributed by atoms with Gasteiger partial charge in [0.2, 0.25) is 0 Å². The highest BCUT2D eigenvalue weighted by Gasteiger charge is 2.09. The number of nitrogen functional groups attached to an aromatic ring is 1. The van der Waals surface area contributed by atoms with E-state index in [-0.39, 0.29) is 5.75 Å². The molecule has 20 heavy (non-hydrogen) atoms. The Morgan fingerprint density at radius 3 is 2.65 bits per heavy atom. The molecule has 0 saturated carbocycles. The van der Waals surface area contributed by atoms with Crippen LogP contribution in [0, 0.1) is 12.7 Å². The predicted molar refractivity (Wildman–Crippen MR) is 84.1 cm³/mol. The Hall–Kier alpha value is -1.75. The van der Waals surface area contributed by atoms with Gasteiger partial charge in [0.15, 0.2) is 11.6 Å². The van der Waals surface area contributed by atoms with Crippen molar-refractivity contribution in [1.29, 1.82) is 0 Å². The van der Waals surface area contributed by atoms with Crippen LogP contribution in [-0.2, 0) is 0 Å². The van der Waals surface area contributed by atoms with Gasteiger partial charge in [0.1, 0.15) is 0 Å². The molecule has 2 rings (SSSR count). The molecular weight excluding hydrogens is 323 g/mol. The van der Waals surface area contributed by atoms with Crippen LogP contribution in [-0.4, -0.2) is 6.61 Å². The Labute approximate surface area is 126 Å². The third-order valence-corrected chi connectivity index (χ3v) is 3.18. The van der Waals surface area contributed by atoms with Gasteiger partial charge in [-0.1, -0.05) is 15.9 Å². The van der Waals surface area contributed by atoms with E-state index in [2.05, 4.69) is 21.2 Å². The summed E-state index contributed by atoms with van der Waals surface area (Å²) in [6.07, 6.45) is 0. The van der Waals surface area contributed by atoms with Crippen LogP contribution in [0.4, 0.5) is 21.5 Å². The summed E-state index contributed by atoms with van der Waals surface area (Å²) < 4.78 is 19.8. The lowest BCUT2D eigenvalue weighted by Gasteiger charge is -2.13. The van der Waals surface area contributed by atoms with Crippen molar-refractivity contribution in [3.63, 3.8) is 0 Å². The number of anilines is 3. The van der Waals surface area contributed by atoms with Crippen LogP contribution < -0.4 is 15.8 Å². The van der Waals surface area contributed by atoms with Crippen LogP contribution >= 0.6 is 15.9 Å². The Bertz CT molecular complexity index is 611. The van der Waals surface area contributed by atoms with Crippen molar-refractivity contribution in [3.05, 3.63) is 46.2 Å². The molecule has 0 aliphatic heterocycles. The number of benzene rings is 2. The van der Waals surface area contributed by atoms with Gasteiger partial charge in [-0.25, -0.2) is 4.39 Å². The highest BCUT2D eigenvalue weighted by atomic mass is 79.9. The highest BCUT2D eigenvalue weighted by Crippen LogP contribution is 2.31. The lowest BCUT2D eigenvalue weighted by Crippen LogP contribution is -2.01. The second-order valence-corrected chi connectivity index (χ2v) is 5.36. The van der Waals surface area contributed by atoms with Crippen molar-refractivity contribution < 1.29 is 9.13 Å². The van der Waals surface area contributed by atoms with Crippen molar-refractivity contribution in [3.8, 4) is 5.75 Å². The number of hydrogen-bond donors (Lipinski definition) is 2. The summed E-state index contributed by atoms with van der Waals surface area (Å²) >= 11 is 3.44. The van der Waals surface area contributed by atoms with E-state index in [1.54, 1.807) is 13.0 Å². The van der Waals surface area contributed by atoms with Crippen LogP contribution in [0.15, 0.2) is 34.8 Å². The predicted octanol–water partition coefficient (Wildman–Crippen LogP) is 4.62. The Balaban J connectivity index is 2.34. The molecule has 0 heterocycles. The van der Waals surface area contributed by atoms with Crippen molar-refractivity contribution in [2.75, 3.05) is 17.7 Å². The van der Waals surface area contributed by atoms with E-state index in [1.807, 2.05) is 25.1 Å². The first-order valence-electron chi connectivity index (χ1n) is 6.25. The van der Waals surface area contributed by atoms with Crippen molar-refractivity contribution in [1.82, 2.24) is 0 Å². The zero-order chi connectivity index (χ0) is 14.7. The second-order valence-electron chi connectivity index (χ2n) is 4.45. The van der Waals surface area contributed by atoms with Gasteiger partial charge in [-0.2, -0.15) is 0 Å². The fourth-order valence-electron chi connectivity index (χ4n) is 1.91. The summed E-state index contributed by atoms with van der Waals surface area (Å²) in [6.45, 7) is 4.20. The fraction of sp³-hybridized carbons (Fsp3) is 0.200. The van der Waals surface area contributed by atoms with E-state index in [4.69, 9.17) is 10.5 Å². The molecule has 0 atom stereocenters. The lowest BCUT2D eigenvalue weighted by molar-refractivity contribution is 0.322. The molecular formula is C15H16BrFN2O. The van der Waals surface area contributed by atoms with Gasteiger partial charge < -0.3 is 15.8 Å². The van der Waals surface area contributed by atoms with E-state index in [9.17, 15) is 4.39 Å². The number of aryl methyl sites for hydroxylation is 1. The van der Waals surface area contributed by atoms with Crippen molar-refractivity contribution in [2.24, 2.45) is 0 Å². The zero-order valence-corrected chi connectivity index (χ0v) is 12.9. The van der Waals surface area contributed by atoms with E-state index >= 15 is 0 Å². The molecule has 0 aromatic heterocycles. The third-order valence-electron chi connectivity index (χ3n) is 2.73. The SMILES string of the molecule is CCOc1cc(Nc2cc(C)cc(Br)c2)c(N)cc1F. The first-order valence-corrected chi connectivity index (χ1v) is 7.05. The molecule has 0 saturated heterocycles. The van der Waals surface area contributed by atoms with E-state index in [0.29, 0.717) is 18.0 Å². The molecule has 0 spiro atoms. The number of halogens is 2. The molecule has 106 valence electrons. The Morgan fingerprint density at radius 1 is 1.25 bits per heavy atom. The summed E-state index contributed by atoms with van der Waals surface area (Å²) in [5.74, 6) is -0.267. The summed E-state index contributed by atoms with van der Waals surface area (Å²) in [6, 6.07) is 8.75. The molecule has 0 bridgehead atoms. The largest absolute Gasteiger partial charge is 0.491 e. The van der Waals surface area contributed by atoms with Crippen molar-refractivity contribution in [2.45, 2.75) is 13.8 Å². The number of nitrogens with one attached hydrogen (secondary N) is 1. The molecule has 0 radical (unpaired) electrons. The number of nitrogens with two attached hydrogens (primary N) is 1. The van der Waals surface area contributed by atoms with E-state index < -0.39 is 5.82 Å². The minimum atomic E-state index is -0.458.